The van der Waals surface area contributed by atoms with Crippen LogP contribution in [0.25, 0.3) is 0 Å². The maximum Gasteiger partial charge on any atom is 0.311 e. The molecule has 1 N–H and O–H groups in total. The monoisotopic (exact) mass is 389 g/mol. The van der Waals surface area contributed by atoms with Gasteiger partial charge in [0.25, 0.3) is 0 Å². The molecule has 28 heavy (non-hydrogen) atoms. The van der Waals surface area contributed by atoms with Crippen molar-refractivity contribution in [3.63, 3.8) is 0 Å². The molecule has 0 amide bonds. The molecule has 0 spiro atoms. The molecule has 3 atom stereocenters. The Labute approximate surface area is 167 Å². The lowest BCUT2D eigenvalue weighted by Gasteiger charge is -2.29. The number of methoxy groups -OCH3 is 1. The van der Waals surface area contributed by atoms with Crippen LogP contribution in [0.4, 0.5) is 0 Å². The largest absolute Gasteiger partial charge is 0.493 e. The summed E-state index contributed by atoms with van der Waals surface area (Å²) in [5, 5.41) is 3.57. The van der Waals surface area contributed by atoms with Crippen molar-refractivity contribution in [2.45, 2.75) is 46.1 Å². The van der Waals surface area contributed by atoms with Crippen LogP contribution >= 0.6 is 0 Å². The van der Waals surface area contributed by atoms with Crippen molar-refractivity contribution in [3.05, 3.63) is 29.8 Å². The Morgan fingerprint density at radius 2 is 2.14 bits per heavy atom. The second-order valence-electron chi connectivity index (χ2n) is 8.05. The van der Waals surface area contributed by atoms with E-state index in [0.29, 0.717) is 30.4 Å². The molecule has 154 valence electrons. The highest BCUT2D eigenvalue weighted by Gasteiger charge is 2.44. The Morgan fingerprint density at radius 3 is 2.82 bits per heavy atom. The number of rotatable bonds is 7. The highest BCUT2D eigenvalue weighted by molar-refractivity contribution is 5.75. The number of fused-ring (bicyclic) bond motifs is 1. The van der Waals surface area contributed by atoms with E-state index in [1.807, 2.05) is 26.0 Å². The third-order valence-corrected chi connectivity index (χ3v) is 5.50. The van der Waals surface area contributed by atoms with Crippen LogP contribution in [-0.4, -0.2) is 39.1 Å². The maximum atomic E-state index is 12.9. The molecule has 1 saturated heterocycles. The fourth-order valence-electron chi connectivity index (χ4n) is 4.35. The average Bonchev–Trinajstić information content (AvgIpc) is 3.27. The highest BCUT2D eigenvalue weighted by atomic mass is 16.7. The van der Waals surface area contributed by atoms with E-state index in [9.17, 15) is 4.79 Å². The zero-order valence-corrected chi connectivity index (χ0v) is 17.4. The predicted octanol–water partition coefficient (Wildman–Crippen LogP) is 3.65. The van der Waals surface area contributed by atoms with E-state index in [4.69, 9.17) is 18.9 Å². The standard InChI is InChI=1S/C22H31NO5/c1-6-8-22(3,4)11-16-19(21(24)26-7-2)15(12-23-16)14-9-17(25-5)20-18(10-14)27-13-28-20/h6,8-10,15-16,19,23H,7,11-13H2,1-5H3. The third-order valence-electron chi connectivity index (χ3n) is 5.50. The third kappa shape index (κ3) is 4.12. The summed E-state index contributed by atoms with van der Waals surface area (Å²) in [6.45, 7) is 9.49. The van der Waals surface area contributed by atoms with Crippen molar-refractivity contribution in [1.29, 1.82) is 0 Å². The quantitative estimate of drug-likeness (QED) is 0.567. The van der Waals surface area contributed by atoms with E-state index in [0.717, 1.165) is 12.0 Å². The summed E-state index contributed by atoms with van der Waals surface area (Å²) in [4.78, 5) is 12.9. The molecule has 2 aliphatic rings. The second-order valence-corrected chi connectivity index (χ2v) is 8.05. The van der Waals surface area contributed by atoms with Crippen molar-refractivity contribution < 1.29 is 23.7 Å². The Morgan fingerprint density at radius 1 is 1.36 bits per heavy atom. The fraction of sp³-hybridized carbons (Fsp3) is 0.591. The van der Waals surface area contributed by atoms with E-state index < -0.39 is 0 Å². The molecule has 2 heterocycles. The number of nitrogens with one attached hydrogen (secondary N) is 1. The molecule has 0 radical (unpaired) electrons. The van der Waals surface area contributed by atoms with Crippen LogP contribution in [0.2, 0.25) is 0 Å². The fourth-order valence-corrected chi connectivity index (χ4v) is 4.35. The lowest BCUT2D eigenvalue weighted by molar-refractivity contribution is -0.149. The number of carbonyl (C=O) groups is 1. The molecule has 2 aliphatic heterocycles. The Kier molecular flexibility index (Phi) is 6.18. The van der Waals surface area contributed by atoms with Gasteiger partial charge in [0, 0.05) is 18.5 Å². The molecule has 0 aliphatic carbocycles. The summed E-state index contributed by atoms with van der Waals surface area (Å²) in [6.07, 6.45) is 5.10. The smallest absolute Gasteiger partial charge is 0.311 e. The molecule has 1 fully saturated rings. The summed E-state index contributed by atoms with van der Waals surface area (Å²) in [6, 6.07) is 3.95. The first-order valence-corrected chi connectivity index (χ1v) is 9.91. The lowest BCUT2D eigenvalue weighted by Crippen LogP contribution is -2.37. The van der Waals surface area contributed by atoms with E-state index in [-0.39, 0.29) is 36.1 Å². The predicted molar refractivity (Wildman–Crippen MR) is 107 cm³/mol. The van der Waals surface area contributed by atoms with Gasteiger partial charge in [0.15, 0.2) is 11.5 Å². The number of carbonyl (C=O) groups excluding carboxylic acids is 1. The highest BCUT2D eigenvalue weighted by Crippen LogP contribution is 2.46. The van der Waals surface area contributed by atoms with Gasteiger partial charge in [0.2, 0.25) is 12.5 Å². The van der Waals surface area contributed by atoms with E-state index >= 15 is 0 Å². The Hall–Kier alpha value is -2.21. The summed E-state index contributed by atoms with van der Waals surface area (Å²) in [5.74, 6) is 1.47. The minimum absolute atomic E-state index is 0.0153. The van der Waals surface area contributed by atoms with Gasteiger partial charge < -0.3 is 24.3 Å². The molecule has 1 aromatic rings. The van der Waals surface area contributed by atoms with Crippen LogP contribution < -0.4 is 19.5 Å². The van der Waals surface area contributed by atoms with Crippen molar-refractivity contribution in [1.82, 2.24) is 5.32 Å². The lowest BCUT2D eigenvalue weighted by atomic mass is 9.77. The van der Waals surface area contributed by atoms with Crippen LogP contribution in [0.3, 0.4) is 0 Å². The van der Waals surface area contributed by atoms with Gasteiger partial charge in [0.05, 0.1) is 19.6 Å². The number of ether oxygens (including phenoxy) is 4. The first kappa shape index (κ1) is 20.5. The van der Waals surface area contributed by atoms with E-state index in [1.165, 1.54) is 0 Å². The van der Waals surface area contributed by atoms with Crippen molar-refractivity contribution in [2.75, 3.05) is 27.1 Å². The summed E-state index contributed by atoms with van der Waals surface area (Å²) < 4.78 is 22.0. The SMILES string of the molecule is CC=CC(C)(C)CC1NCC(c2cc(OC)c3c(c2)OCO3)C1C(=O)OCC. The van der Waals surface area contributed by atoms with Crippen LogP contribution in [0.1, 0.15) is 45.6 Å². The second kappa shape index (κ2) is 8.43. The van der Waals surface area contributed by atoms with Gasteiger partial charge in [-0.3, -0.25) is 4.79 Å². The van der Waals surface area contributed by atoms with E-state index in [2.05, 4.69) is 31.3 Å². The first-order chi connectivity index (χ1) is 13.4. The number of hydrogen-bond donors (Lipinski definition) is 1. The van der Waals surface area contributed by atoms with Gasteiger partial charge in [-0.1, -0.05) is 26.0 Å². The number of allylic oxidation sites excluding steroid dienone is 2. The maximum absolute atomic E-state index is 12.9. The summed E-state index contributed by atoms with van der Waals surface area (Å²) in [5.41, 5.74) is 0.983. The van der Waals surface area contributed by atoms with Gasteiger partial charge >= 0.3 is 5.97 Å². The molecule has 1 aromatic carbocycles. The molecule has 0 bridgehead atoms. The molecule has 6 nitrogen and oxygen atoms in total. The van der Waals surface area contributed by atoms with Gasteiger partial charge in [-0.15, -0.1) is 0 Å². The number of benzene rings is 1. The molecular formula is C22H31NO5. The van der Waals surface area contributed by atoms with Gasteiger partial charge in [0.1, 0.15) is 0 Å². The summed E-state index contributed by atoms with van der Waals surface area (Å²) in [7, 11) is 1.61. The minimum Gasteiger partial charge on any atom is -0.493 e. The molecule has 0 aromatic heterocycles. The average molecular weight is 389 g/mol. The molecule has 6 heteroatoms. The van der Waals surface area contributed by atoms with Gasteiger partial charge in [-0.25, -0.2) is 0 Å². The summed E-state index contributed by atoms with van der Waals surface area (Å²) >= 11 is 0. The van der Waals surface area contributed by atoms with E-state index in [1.54, 1.807) is 7.11 Å². The normalized spacial score (nSPS) is 24.0. The topological polar surface area (TPSA) is 66.0 Å². The Bertz CT molecular complexity index is 743. The van der Waals surface area contributed by atoms with Crippen molar-refractivity contribution in [2.24, 2.45) is 11.3 Å². The molecule has 3 rings (SSSR count). The van der Waals surface area contributed by atoms with Crippen LogP contribution in [0.15, 0.2) is 24.3 Å². The number of esters is 1. The van der Waals surface area contributed by atoms with Crippen LogP contribution in [0.5, 0.6) is 17.2 Å². The number of hydrogen-bond acceptors (Lipinski definition) is 6. The van der Waals surface area contributed by atoms with Crippen molar-refractivity contribution in [3.8, 4) is 17.2 Å². The zero-order valence-electron chi connectivity index (χ0n) is 17.4. The molecule has 3 unspecified atom stereocenters. The first-order valence-electron chi connectivity index (χ1n) is 9.91. The molecular weight excluding hydrogens is 358 g/mol. The van der Waals surface area contributed by atoms with Crippen molar-refractivity contribution >= 4 is 5.97 Å². The minimum atomic E-state index is -0.269. The zero-order chi connectivity index (χ0) is 20.3. The van der Waals surface area contributed by atoms with Gasteiger partial charge in [-0.05, 0) is 43.4 Å². The Balaban J connectivity index is 1.93. The van der Waals surface area contributed by atoms with Crippen LogP contribution in [0, 0.1) is 11.3 Å². The van der Waals surface area contributed by atoms with Crippen LogP contribution in [-0.2, 0) is 9.53 Å². The molecule has 0 saturated carbocycles. The van der Waals surface area contributed by atoms with Gasteiger partial charge in [-0.2, -0.15) is 0 Å².